The van der Waals surface area contributed by atoms with Crippen molar-refractivity contribution in [2.75, 3.05) is 0 Å². The van der Waals surface area contributed by atoms with Gasteiger partial charge in [0.1, 0.15) is 5.78 Å². The molecule has 3 rings (SSSR count). The van der Waals surface area contributed by atoms with Crippen molar-refractivity contribution >= 4 is 5.78 Å². The van der Waals surface area contributed by atoms with E-state index in [1.165, 1.54) is 0 Å². The van der Waals surface area contributed by atoms with Crippen molar-refractivity contribution in [3.05, 3.63) is 29.6 Å². The molecule has 0 aliphatic carbocycles. The molecule has 1 aromatic heterocycles. The molecule has 2 saturated heterocycles. The van der Waals surface area contributed by atoms with E-state index in [2.05, 4.69) is 4.98 Å². The number of hydrogen-bond donors (Lipinski definition) is 0. The summed E-state index contributed by atoms with van der Waals surface area (Å²) in [5, 5.41) is 0. The van der Waals surface area contributed by atoms with Gasteiger partial charge >= 0.3 is 0 Å². The van der Waals surface area contributed by atoms with Crippen molar-refractivity contribution in [1.82, 2.24) is 4.98 Å². The second-order valence-electron chi connectivity index (χ2n) is 5.54. The summed E-state index contributed by atoms with van der Waals surface area (Å²) in [6.45, 7) is 1.96. The minimum absolute atomic E-state index is 0.193. The molecular formula is C15H19NO2. The van der Waals surface area contributed by atoms with Gasteiger partial charge in [0.25, 0.3) is 0 Å². The van der Waals surface area contributed by atoms with Gasteiger partial charge < -0.3 is 4.74 Å². The molecule has 0 spiro atoms. The largest absolute Gasteiger partial charge is 0.375 e. The Labute approximate surface area is 108 Å². The minimum Gasteiger partial charge on any atom is -0.375 e. The summed E-state index contributed by atoms with van der Waals surface area (Å²) in [7, 11) is 0. The van der Waals surface area contributed by atoms with Crippen LogP contribution in [0.4, 0.5) is 0 Å². The molecule has 18 heavy (non-hydrogen) atoms. The fourth-order valence-corrected chi connectivity index (χ4v) is 3.14. The molecule has 96 valence electrons. The van der Waals surface area contributed by atoms with Crippen LogP contribution in [0, 0.1) is 12.8 Å². The van der Waals surface area contributed by atoms with Crippen molar-refractivity contribution in [3.8, 4) is 0 Å². The Balaban J connectivity index is 1.65. The monoisotopic (exact) mass is 245 g/mol. The van der Waals surface area contributed by atoms with Crippen LogP contribution in [0.15, 0.2) is 18.2 Å². The average molecular weight is 245 g/mol. The van der Waals surface area contributed by atoms with Crippen LogP contribution >= 0.6 is 0 Å². The molecule has 2 atom stereocenters. The molecule has 0 saturated carbocycles. The van der Waals surface area contributed by atoms with E-state index in [4.69, 9.17) is 4.74 Å². The molecule has 2 fully saturated rings. The molecule has 0 aromatic carbocycles. The summed E-state index contributed by atoms with van der Waals surface area (Å²) in [5.41, 5.74) is 1.88. The standard InChI is InChI=1S/C15H19NO2/c1-10-3-2-4-12(16-10)9-15(17)11-7-13-5-6-14(8-11)18-13/h2-4,11,13-14H,5-9H2,1H3. The van der Waals surface area contributed by atoms with Crippen LogP contribution in [-0.2, 0) is 16.0 Å². The van der Waals surface area contributed by atoms with Crippen molar-refractivity contribution in [2.45, 2.75) is 51.2 Å². The zero-order valence-electron chi connectivity index (χ0n) is 10.8. The second-order valence-corrected chi connectivity index (χ2v) is 5.54. The molecule has 3 heterocycles. The number of rotatable bonds is 3. The van der Waals surface area contributed by atoms with E-state index < -0.39 is 0 Å². The van der Waals surface area contributed by atoms with E-state index in [9.17, 15) is 4.79 Å². The van der Waals surface area contributed by atoms with Gasteiger partial charge in [-0.3, -0.25) is 9.78 Å². The first-order chi connectivity index (χ1) is 8.70. The van der Waals surface area contributed by atoms with Crippen molar-refractivity contribution < 1.29 is 9.53 Å². The summed E-state index contributed by atoms with van der Waals surface area (Å²) in [4.78, 5) is 16.7. The van der Waals surface area contributed by atoms with E-state index in [0.717, 1.165) is 37.1 Å². The minimum atomic E-state index is 0.193. The number of aryl methyl sites for hydroxylation is 1. The fourth-order valence-electron chi connectivity index (χ4n) is 3.14. The van der Waals surface area contributed by atoms with Crippen LogP contribution in [0.25, 0.3) is 0 Å². The normalized spacial score (nSPS) is 30.4. The SMILES string of the molecule is Cc1cccc(CC(=O)C2CC3CCC(C2)O3)n1. The zero-order valence-corrected chi connectivity index (χ0v) is 10.8. The summed E-state index contributed by atoms with van der Waals surface area (Å²) in [6, 6.07) is 5.88. The molecule has 2 unspecified atom stereocenters. The molecule has 3 nitrogen and oxygen atoms in total. The molecule has 2 aliphatic rings. The third-order valence-electron chi connectivity index (χ3n) is 4.05. The Morgan fingerprint density at radius 3 is 2.72 bits per heavy atom. The fraction of sp³-hybridized carbons (Fsp3) is 0.600. The predicted octanol–water partition coefficient (Wildman–Crippen LogP) is 2.46. The molecule has 2 aliphatic heterocycles. The van der Waals surface area contributed by atoms with E-state index in [-0.39, 0.29) is 5.92 Å². The number of hydrogen-bond acceptors (Lipinski definition) is 3. The van der Waals surface area contributed by atoms with Gasteiger partial charge in [-0.1, -0.05) is 6.07 Å². The lowest BCUT2D eigenvalue weighted by molar-refractivity contribution is -0.128. The zero-order chi connectivity index (χ0) is 12.5. The van der Waals surface area contributed by atoms with Crippen molar-refractivity contribution in [1.29, 1.82) is 0 Å². The van der Waals surface area contributed by atoms with Gasteiger partial charge in [0, 0.05) is 23.7 Å². The molecule has 1 aromatic rings. The van der Waals surface area contributed by atoms with Crippen LogP contribution in [0.5, 0.6) is 0 Å². The van der Waals surface area contributed by atoms with Crippen LogP contribution < -0.4 is 0 Å². The molecule has 0 radical (unpaired) electrons. The first-order valence-corrected chi connectivity index (χ1v) is 6.81. The van der Waals surface area contributed by atoms with Gasteiger partial charge in [0.15, 0.2) is 0 Å². The number of carbonyl (C=O) groups is 1. The summed E-state index contributed by atoms with van der Waals surface area (Å²) in [6.07, 6.45) is 5.26. The first kappa shape index (κ1) is 11.8. The second kappa shape index (κ2) is 4.81. The number of ether oxygens (including phenoxy) is 1. The Kier molecular flexibility index (Phi) is 3.16. The number of aromatic nitrogens is 1. The van der Waals surface area contributed by atoms with Gasteiger partial charge in [0.05, 0.1) is 12.2 Å². The molecule has 0 N–H and O–H groups in total. The van der Waals surface area contributed by atoms with Gasteiger partial charge in [-0.05, 0) is 44.7 Å². The third kappa shape index (κ3) is 2.46. The average Bonchev–Trinajstić information content (AvgIpc) is 2.68. The highest BCUT2D eigenvalue weighted by atomic mass is 16.5. The van der Waals surface area contributed by atoms with E-state index in [1.54, 1.807) is 0 Å². The topological polar surface area (TPSA) is 39.2 Å². The summed E-state index contributed by atoms with van der Waals surface area (Å²) < 4.78 is 5.78. The molecule has 0 amide bonds. The quantitative estimate of drug-likeness (QED) is 0.821. The number of Topliss-reactive ketones (excluding diaryl/α,β-unsaturated/α-hetero) is 1. The van der Waals surface area contributed by atoms with E-state index >= 15 is 0 Å². The summed E-state index contributed by atoms with van der Waals surface area (Å²) in [5.74, 6) is 0.534. The number of carbonyl (C=O) groups excluding carboxylic acids is 1. The number of pyridine rings is 1. The lowest BCUT2D eigenvalue weighted by Crippen LogP contribution is -2.31. The van der Waals surface area contributed by atoms with Gasteiger partial charge in [0.2, 0.25) is 0 Å². The first-order valence-electron chi connectivity index (χ1n) is 6.81. The number of fused-ring (bicyclic) bond motifs is 2. The highest BCUT2D eigenvalue weighted by Gasteiger charge is 2.37. The van der Waals surface area contributed by atoms with Gasteiger partial charge in [-0.2, -0.15) is 0 Å². The van der Waals surface area contributed by atoms with E-state index in [1.807, 2.05) is 25.1 Å². The predicted molar refractivity (Wildman–Crippen MR) is 68.3 cm³/mol. The highest BCUT2D eigenvalue weighted by molar-refractivity contribution is 5.83. The molecular weight excluding hydrogens is 226 g/mol. The number of ketones is 1. The van der Waals surface area contributed by atoms with Gasteiger partial charge in [-0.25, -0.2) is 0 Å². The van der Waals surface area contributed by atoms with Crippen molar-refractivity contribution in [2.24, 2.45) is 5.92 Å². The van der Waals surface area contributed by atoms with Crippen LogP contribution in [0.2, 0.25) is 0 Å². The highest BCUT2D eigenvalue weighted by Crippen LogP contribution is 2.36. The number of nitrogens with zero attached hydrogens (tertiary/aromatic N) is 1. The Morgan fingerprint density at radius 1 is 1.33 bits per heavy atom. The van der Waals surface area contributed by atoms with Crippen LogP contribution in [-0.4, -0.2) is 23.0 Å². The van der Waals surface area contributed by atoms with Crippen molar-refractivity contribution in [3.63, 3.8) is 0 Å². The Morgan fingerprint density at radius 2 is 2.06 bits per heavy atom. The van der Waals surface area contributed by atoms with Gasteiger partial charge in [-0.15, -0.1) is 0 Å². The Hall–Kier alpha value is -1.22. The maximum Gasteiger partial charge on any atom is 0.142 e. The van der Waals surface area contributed by atoms with E-state index in [0.29, 0.717) is 24.4 Å². The lowest BCUT2D eigenvalue weighted by Gasteiger charge is -2.27. The maximum absolute atomic E-state index is 12.3. The van der Waals surface area contributed by atoms with Crippen LogP contribution in [0.3, 0.4) is 0 Å². The Bertz CT molecular complexity index is 446. The lowest BCUT2D eigenvalue weighted by atomic mass is 9.89. The maximum atomic E-state index is 12.3. The van der Waals surface area contributed by atoms with Crippen LogP contribution in [0.1, 0.15) is 37.1 Å². The summed E-state index contributed by atoms with van der Waals surface area (Å²) >= 11 is 0. The molecule has 3 heteroatoms. The third-order valence-corrected chi connectivity index (χ3v) is 4.05. The smallest absolute Gasteiger partial charge is 0.142 e. The molecule has 2 bridgehead atoms.